The van der Waals surface area contributed by atoms with Crippen molar-refractivity contribution in [2.24, 2.45) is 5.92 Å². The molecule has 1 aromatic carbocycles. The largest absolute Gasteiger partial charge is 0.496 e. The van der Waals surface area contributed by atoms with Crippen LogP contribution in [-0.4, -0.2) is 19.6 Å². The fourth-order valence-corrected chi connectivity index (χ4v) is 1.65. The third-order valence-electron chi connectivity index (χ3n) is 2.57. The summed E-state index contributed by atoms with van der Waals surface area (Å²) < 4.78 is 5.13. The molecule has 0 aliphatic rings. The summed E-state index contributed by atoms with van der Waals surface area (Å²) >= 11 is 5.91. The SMILES string of the molecule is COc1cc(N)c(Cl)cc1C(=O)NCCC(C)C. The average Bonchev–Trinajstić information content (AvgIpc) is 2.31. The number of amides is 1. The van der Waals surface area contributed by atoms with Crippen LogP contribution in [-0.2, 0) is 0 Å². The van der Waals surface area contributed by atoms with Crippen LogP contribution in [0.1, 0.15) is 30.6 Å². The number of hydrogen-bond donors (Lipinski definition) is 2. The molecule has 5 heteroatoms. The summed E-state index contributed by atoms with van der Waals surface area (Å²) in [6, 6.07) is 3.08. The van der Waals surface area contributed by atoms with Crippen LogP contribution in [0.2, 0.25) is 5.02 Å². The zero-order chi connectivity index (χ0) is 13.7. The van der Waals surface area contributed by atoms with Crippen LogP contribution in [0, 0.1) is 5.92 Å². The van der Waals surface area contributed by atoms with Crippen LogP contribution < -0.4 is 15.8 Å². The number of carbonyl (C=O) groups excluding carboxylic acids is 1. The van der Waals surface area contributed by atoms with Crippen LogP contribution in [0.15, 0.2) is 12.1 Å². The number of nitrogens with one attached hydrogen (secondary N) is 1. The summed E-state index contributed by atoms with van der Waals surface area (Å²) in [7, 11) is 1.49. The van der Waals surface area contributed by atoms with E-state index in [9.17, 15) is 4.79 Å². The maximum absolute atomic E-state index is 12.0. The topological polar surface area (TPSA) is 64.3 Å². The zero-order valence-corrected chi connectivity index (χ0v) is 11.7. The summed E-state index contributed by atoms with van der Waals surface area (Å²) in [5.41, 5.74) is 6.46. The van der Waals surface area contributed by atoms with Gasteiger partial charge in [0.1, 0.15) is 5.75 Å². The second-order valence-corrected chi connectivity index (χ2v) is 4.92. The normalized spacial score (nSPS) is 10.5. The number of methoxy groups -OCH3 is 1. The number of ether oxygens (including phenoxy) is 1. The molecule has 0 unspecified atom stereocenters. The molecule has 0 aliphatic heterocycles. The Balaban J connectivity index is 2.81. The number of nitrogens with two attached hydrogens (primary N) is 1. The Morgan fingerprint density at radius 3 is 2.72 bits per heavy atom. The first-order valence-corrected chi connectivity index (χ1v) is 6.24. The van der Waals surface area contributed by atoms with Gasteiger partial charge in [0.15, 0.2) is 0 Å². The van der Waals surface area contributed by atoms with Gasteiger partial charge in [0, 0.05) is 12.6 Å². The Kier molecular flexibility index (Phi) is 5.28. The predicted octanol–water partition coefficient (Wildman–Crippen LogP) is 2.71. The van der Waals surface area contributed by atoms with Gasteiger partial charge >= 0.3 is 0 Å². The molecule has 0 aromatic heterocycles. The van der Waals surface area contributed by atoms with Gasteiger partial charge in [-0.3, -0.25) is 4.79 Å². The Labute approximate surface area is 112 Å². The number of rotatable bonds is 5. The molecule has 1 aromatic rings. The monoisotopic (exact) mass is 270 g/mol. The molecule has 0 saturated carbocycles. The first-order valence-electron chi connectivity index (χ1n) is 5.87. The van der Waals surface area contributed by atoms with E-state index < -0.39 is 0 Å². The maximum atomic E-state index is 12.0. The molecular weight excluding hydrogens is 252 g/mol. The third kappa shape index (κ3) is 3.81. The van der Waals surface area contributed by atoms with Crippen LogP contribution >= 0.6 is 11.6 Å². The quantitative estimate of drug-likeness (QED) is 0.809. The Morgan fingerprint density at radius 1 is 1.50 bits per heavy atom. The van der Waals surface area contributed by atoms with Crippen LogP contribution in [0.25, 0.3) is 0 Å². The number of benzene rings is 1. The van der Waals surface area contributed by atoms with Gasteiger partial charge in [-0.2, -0.15) is 0 Å². The number of nitrogen functional groups attached to an aromatic ring is 1. The van der Waals surface area contributed by atoms with E-state index in [0.29, 0.717) is 34.5 Å². The minimum atomic E-state index is -0.200. The van der Waals surface area contributed by atoms with Crippen molar-refractivity contribution in [2.75, 3.05) is 19.4 Å². The van der Waals surface area contributed by atoms with E-state index in [1.165, 1.54) is 13.2 Å². The molecule has 0 atom stereocenters. The molecule has 0 saturated heterocycles. The molecule has 0 aliphatic carbocycles. The molecular formula is C13H19ClN2O2. The molecule has 18 heavy (non-hydrogen) atoms. The van der Waals surface area contributed by atoms with Crippen LogP contribution in [0.5, 0.6) is 5.75 Å². The second kappa shape index (κ2) is 6.50. The lowest BCUT2D eigenvalue weighted by Crippen LogP contribution is -2.25. The van der Waals surface area contributed by atoms with Crippen molar-refractivity contribution in [1.82, 2.24) is 5.32 Å². The van der Waals surface area contributed by atoms with E-state index in [1.807, 2.05) is 0 Å². The lowest BCUT2D eigenvalue weighted by molar-refractivity contribution is 0.0949. The van der Waals surface area contributed by atoms with Gasteiger partial charge in [-0.05, 0) is 18.4 Å². The molecule has 0 radical (unpaired) electrons. The van der Waals surface area contributed by atoms with Crippen molar-refractivity contribution in [2.45, 2.75) is 20.3 Å². The molecule has 0 bridgehead atoms. The highest BCUT2D eigenvalue weighted by Crippen LogP contribution is 2.28. The van der Waals surface area contributed by atoms with E-state index in [2.05, 4.69) is 19.2 Å². The van der Waals surface area contributed by atoms with Crippen molar-refractivity contribution in [3.63, 3.8) is 0 Å². The van der Waals surface area contributed by atoms with E-state index in [0.717, 1.165) is 6.42 Å². The van der Waals surface area contributed by atoms with E-state index in [1.54, 1.807) is 6.07 Å². The standard InChI is InChI=1S/C13H19ClN2O2/c1-8(2)4-5-16-13(17)9-6-10(14)11(15)7-12(9)18-3/h6-8H,4-5,15H2,1-3H3,(H,16,17). The Morgan fingerprint density at radius 2 is 2.17 bits per heavy atom. The minimum Gasteiger partial charge on any atom is -0.496 e. The highest BCUT2D eigenvalue weighted by molar-refractivity contribution is 6.33. The van der Waals surface area contributed by atoms with Gasteiger partial charge in [0.05, 0.1) is 23.4 Å². The molecule has 3 N–H and O–H groups in total. The average molecular weight is 271 g/mol. The first-order chi connectivity index (χ1) is 8.45. The summed E-state index contributed by atoms with van der Waals surface area (Å²) in [4.78, 5) is 12.0. The Hall–Kier alpha value is -1.42. The summed E-state index contributed by atoms with van der Waals surface area (Å²) in [6.07, 6.45) is 0.927. The van der Waals surface area contributed by atoms with Gasteiger partial charge in [-0.25, -0.2) is 0 Å². The van der Waals surface area contributed by atoms with Gasteiger partial charge < -0.3 is 15.8 Å². The summed E-state index contributed by atoms with van der Waals surface area (Å²) in [5, 5.41) is 3.18. The van der Waals surface area contributed by atoms with Crippen LogP contribution in [0.3, 0.4) is 0 Å². The van der Waals surface area contributed by atoms with Gasteiger partial charge in [-0.15, -0.1) is 0 Å². The van der Waals surface area contributed by atoms with E-state index >= 15 is 0 Å². The molecule has 1 amide bonds. The molecule has 0 spiro atoms. The predicted molar refractivity (Wildman–Crippen MR) is 74.2 cm³/mol. The highest BCUT2D eigenvalue weighted by atomic mass is 35.5. The summed E-state index contributed by atoms with van der Waals surface area (Å²) in [6.45, 7) is 4.83. The first kappa shape index (κ1) is 14.6. The van der Waals surface area contributed by atoms with Crippen molar-refractivity contribution >= 4 is 23.2 Å². The fourth-order valence-electron chi connectivity index (χ4n) is 1.49. The Bertz CT molecular complexity index is 433. The minimum absolute atomic E-state index is 0.200. The smallest absolute Gasteiger partial charge is 0.255 e. The van der Waals surface area contributed by atoms with E-state index in [4.69, 9.17) is 22.1 Å². The number of halogens is 1. The zero-order valence-electron chi connectivity index (χ0n) is 10.9. The third-order valence-corrected chi connectivity index (χ3v) is 2.90. The lowest BCUT2D eigenvalue weighted by Gasteiger charge is -2.11. The molecule has 0 heterocycles. The molecule has 1 rings (SSSR count). The molecule has 0 fully saturated rings. The van der Waals surface area contributed by atoms with E-state index in [-0.39, 0.29) is 5.91 Å². The number of hydrogen-bond acceptors (Lipinski definition) is 3. The fraction of sp³-hybridized carbons (Fsp3) is 0.462. The van der Waals surface area contributed by atoms with Gasteiger partial charge in [-0.1, -0.05) is 25.4 Å². The molecule has 4 nitrogen and oxygen atoms in total. The van der Waals surface area contributed by atoms with Gasteiger partial charge in [0.25, 0.3) is 5.91 Å². The lowest BCUT2D eigenvalue weighted by atomic mass is 10.1. The van der Waals surface area contributed by atoms with Crippen molar-refractivity contribution < 1.29 is 9.53 Å². The second-order valence-electron chi connectivity index (χ2n) is 4.51. The van der Waals surface area contributed by atoms with Crippen LogP contribution in [0.4, 0.5) is 5.69 Å². The maximum Gasteiger partial charge on any atom is 0.255 e. The number of anilines is 1. The number of carbonyl (C=O) groups is 1. The van der Waals surface area contributed by atoms with Gasteiger partial charge in [0.2, 0.25) is 0 Å². The highest BCUT2D eigenvalue weighted by Gasteiger charge is 2.14. The summed E-state index contributed by atoms with van der Waals surface area (Å²) in [5.74, 6) is 0.774. The van der Waals surface area contributed by atoms with Crippen molar-refractivity contribution in [1.29, 1.82) is 0 Å². The van der Waals surface area contributed by atoms with Crippen molar-refractivity contribution in [3.8, 4) is 5.75 Å². The van der Waals surface area contributed by atoms with Crippen molar-refractivity contribution in [3.05, 3.63) is 22.7 Å². The molecule has 100 valence electrons.